The summed E-state index contributed by atoms with van der Waals surface area (Å²) in [5, 5.41) is 15.6. The molecule has 0 fully saturated rings. The molecule has 0 spiro atoms. The van der Waals surface area contributed by atoms with Crippen molar-refractivity contribution in [3.05, 3.63) is 53.6 Å². The zero-order chi connectivity index (χ0) is 20.4. The van der Waals surface area contributed by atoms with E-state index in [0.29, 0.717) is 31.2 Å². The quantitative estimate of drug-likeness (QED) is 0.261. The lowest BCUT2D eigenvalue weighted by atomic mass is 10.2. The van der Waals surface area contributed by atoms with Crippen molar-refractivity contribution >= 4 is 29.9 Å². The minimum Gasteiger partial charge on any atom is -0.508 e. The third kappa shape index (κ3) is 8.30. The zero-order valence-electron chi connectivity index (χ0n) is 16.3. The molecule has 160 valence electrons. The molecule has 0 amide bonds. The summed E-state index contributed by atoms with van der Waals surface area (Å²) >= 11 is 0. The molecule has 0 saturated heterocycles. The SMILES string of the molecule is CCNC(=NCc1ccc(O)cc1)NCc1cccc(OCC)c1OC(F)F.I. The minimum absolute atomic E-state index is 0. The average molecular weight is 521 g/mol. The molecule has 0 unspecified atom stereocenters. The number of nitrogens with zero attached hydrogens (tertiary/aromatic N) is 1. The van der Waals surface area contributed by atoms with Crippen LogP contribution in [0.4, 0.5) is 8.78 Å². The summed E-state index contributed by atoms with van der Waals surface area (Å²) in [4.78, 5) is 4.47. The van der Waals surface area contributed by atoms with Gasteiger partial charge in [0, 0.05) is 18.7 Å². The predicted molar refractivity (Wildman–Crippen MR) is 119 cm³/mol. The molecule has 0 atom stereocenters. The second-order valence-corrected chi connectivity index (χ2v) is 5.77. The van der Waals surface area contributed by atoms with Gasteiger partial charge in [-0.15, -0.1) is 24.0 Å². The van der Waals surface area contributed by atoms with Gasteiger partial charge in [0.15, 0.2) is 17.5 Å². The van der Waals surface area contributed by atoms with Crippen LogP contribution in [0.3, 0.4) is 0 Å². The molecule has 0 radical (unpaired) electrons. The van der Waals surface area contributed by atoms with Gasteiger partial charge in [0.05, 0.1) is 13.2 Å². The highest BCUT2D eigenvalue weighted by atomic mass is 127. The van der Waals surface area contributed by atoms with Crippen LogP contribution in [0.15, 0.2) is 47.5 Å². The largest absolute Gasteiger partial charge is 0.508 e. The van der Waals surface area contributed by atoms with Crippen molar-refractivity contribution in [2.45, 2.75) is 33.5 Å². The fourth-order valence-corrected chi connectivity index (χ4v) is 2.48. The Kier molecular flexibility index (Phi) is 11.1. The van der Waals surface area contributed by atoms with Gasteiger partial charge in [-0.1, -0.05) is 24.3 Å². The number of phenols is 1. The van der Waals surface area contributed by atoms with Crippen LogP contribution in [0.5, 0.6) is 17.2 Å². The number of nitrogens with one attached hydrogen (secondary N) is 2. The van der Waals surface area contributed by atoms with E-state index >= 15 is 0 Å². The summed E-state index contributed by atoms with van der Waals surface area (Å²) in [6, 6.07) is 11.8. The summed E-state index contributed by atoms with van der Waals surface area (Å²) in [5.41, 5.74) is 1.46. The van der Waals surface area contributed by atoms with Gasteiger partial charge in [-0.05, 0) is 37.6 Å². The van der Waals surface area contributed by atoms with Crippen LogP contribution in [0.25, 0.3) is 0 Å². The van der Waals surface area contributed by atoms with Crippen molar-refractivity contribution in [2.75, 3.05) is 13.2 Å². The molecular weight excluding hydrogens is 495 g/mol. The van der Waals surface area contributed by atoms with Gasteiger partial charge in [0.25, 0.3) is 0 Å². The normalized spacial score (nSPS) is 11.0. The van der Waals surface area contributed by atoms with Crippen molar-refractivity contribution in [2.24, 2.45) is 4.99 Å². The summed E-state index contributed by atoms with van der Waals surface area (Å²) in [5.74, 6) is 1.01. The second kappa shape index (κ2) is 13.0. The fourth-order valence-electron chi connectivity index (χ4n) is 2.48. The number of guanidine groups is 1. The molecule has 2 aromatic carbocycles. The Hall–Kier alpha value is -2.30. The summed E-state index contributed by atoms with van der Waals surface area (Å²) < 4.78 is 35.7. The van der Waals surface area contributed by atoms with Crippen LogP contribution in [0.2, 0.25) is 0 Å². The molecule has 9 heteroatoms. The summed E-state index contributed by atoms with van der Waals surface area (Å²) in [7, 11) is 0. The molecule has 0 aromatic heterocycles. The van der Waals surface area contributed by atoms with Gasteiger partial charge in [-0.25, -0.2) is 4.99 Å². The molecule has 6 nitrogen and oxygen atoms in total. The standard InChI is InChI=1S/C20H25F2N3O3.HI/c1-3-23-20(24-12-14-8-10-16(26)11-9-14)25-13-15-6-5-7-17(27-4-2)18(15)28-19(21)22;/h5-11,19,26H,3-4,12-13H2,1-2H3,(H2,23,24,25);1H. The molecule has 0 heterocycles. The maximum absolute atomic E-state index is 12.8. The Morgan fingerprint density at radius 3 is 2.45 bits per heavy atom. The van der Waals surface area contributed by atoms with Crippen molar-refractivity contribution in [1.29, 1.82) is 0 Å². The number of rotatable bonds is 9. The van der Waals surface area contributed by atoms with E-state index in [9.17, 15) is 13.9 Å². The van der Waals surface area contributed by atoms with E-state index in [-0.39, 0.29) is 47.8 Å². The molecule has 0 aliphatic carbocycles. The molecular formula is C20H26F2IN3O3. The maximum atomic E-state index is 12.8. The van der Waals surface area contributed by atoms with E-state index in [4.69, 9.17) is 4.74 Å². The van der Waals surface area contributed by atoms with Gasteiger partial charge in [0.2, 0.25) is 0 Å². The summed E-state index contributed by atoms with van der Waals surface area (Å²) in [6.45, 7) is 2.36. The maximum Gasteiger partial charge on any atom is 0.387 e. The number of hydrogen-bond acceptors (Lipinski definition) is 4. The molecule has 0 bridgehead atoms. The van der Waals surface area contributed by atoms with E-state index in [1.807, 2.05) is 6.92 Å². The summed E-state index contributed by atoms with van der Waals surface area (Å²) in [6.07, 6.45) is 0. The Balaban J connectivity index is 0.00000420. The first-order chi connectivity index (χ1) is 13.5. The predicted octanol–water partition coefficient (Wildman–Crippen LogP) is 4.27. The van der Waals surface area contributed by atoms with Gasteiger partial charge in [-0.2, -0.15) is 8.78 Å². The lowest BCUT2D eigenvalue weighted by molar-refractivity contribution is -0.0520. The van der Waals surface area contributed by atoms with Crippen LogP contribution in [0.1, 0.15) is 25.0 Å². The highest BCUT2D eigenvalue weighted by molar-refractivity contribution is 14.0. The fraction of sp³-hybridized carbons (Fsp3) is 0.350. The number of para-hydroxylation sites is 1. The molecule has 0 aliphatic rings. The Bertz CT molecular complexity index is 774. The van der Waals surface area contributed by atoms with Crippen LogP contribution < -0.4 is 20.1 Å². The van der Waals surface area contributed by atoms with Crippen molar-refractivity contribution in [1.82, 2.24) is 10.6 Å². The third-order valence-electron chi connectivity index (χ3n) is 3.71. The number of phenolic OH excluding ortho intramolecular Hbond substituents is 1. The van der Waals surface area contributed by atoms with Crippen molar-refractivity contribution in [3.63, 3.8) is 0 Å². The third-order valence-corrected chi connectivity index (χ3v) is 3.71. The first-order valence-corrected chi connectivity index (χ1v) is 9.03. The van der Waals surface area contributed by atoms with E-state index in [0.717, 1.165) is 5.56 Å². The highest BCUT2D eigenvalue weighted by Crippen LogP contribution is 2.32. The lowest BCUT2D eigenvalue weighted by Crippen LogP contribution is -2.36. The van der Waals surface area contributed by atoms with Gasteiger partial charge in [-0.3, -0.25) is 0 Å². The van der Waals surface area contributed by atoms with Crippen molar-refractivity contribution in [3.8, 4) is 17.2 Å². The second-order valence-electron chi connectivity index (χ2n) is 5.77. The van der Waals surface area contributed by atoms with Crippen LogP contribution in [0, 0.1) is 0 Å². The topological polar surface area (TPSA) is 75.1 Å². The first kappa shape index (κ1) is 24.7. The Morgan fingerprint density at radius 2 is 1.83 bits per heavy atom. The molecule has 2 aromatic rings. The lowest BCUT2D eigenvalue weighted by Gasteiger charge is -2.17. The van der Waals surface area contributed by atoms with Crippen LogP contribution in [-0.2, 0) is 13.1 Å². The number of hydrogen-bond donors (Lipinski definition) is 3. The van der Waals surface area contributed by atoms with E-state index in [2.05, 4.69) is 20.4 Å². The Labute approximate surface area is 186 Å². The number of aliphatic imine (C=N–C) groups is 1. The van der Waals surface area contributed by atoms with Gasteiger partial charge < -0.3 is 25.2 Å². The number of alkyl halides is 2. The highest BCUT2D eigenvalue weighted by Gasteiger charge is 2.16. The van der Waals surface area contributed by atoms with Crippen LogP contribution >= 0.6 is 24.0 Å². The van der Waals surface area contributed by atoms with Crippen molar-refractivity contribution < 1.29 is 23.4 Å². The van der Waals surface area contributed by atoms with E-state index in [1.54, 1.807) is 49.4 Å². The van der Waals surface area contributed by atoms with E-state index < -0.39 is 6.61 Å². The molecule has 29 heavy (non-hydrogen) atoms. The number of ether oxygens (including phenoxy) is 2. The molecule has 2 rings (SSSR count). The Morgan fingerprint density at radius 1 is 1.10 bits per heavy atom. The number of benzene rings is 2. The smallest absolute Gasteiger partial charge is 0.387 e. The van der Waals surface area contributed by atoms with Gasteiger partial charge in [0.1, 0.15) is 5.75 Å². The minimum atomic E-state index is -2.95. The molecule has 3 N–H and O–H groups in total. The zero-order valence-corrected chi connectivity index (χ0v) is 18.7. The number of aromatic hydroxyl groups is 1. The van der Waals surface area contributed by atoms with Gasteiger partial charge >= 0.3 is 6.61 Å². The number of halogens is 3. The first-order valence-electron chi connectivity index (χ1n) is 9.03. The monoisotopic (exact) mass is 521 g/mol. The van der Waals surface area contributed by atoms with E-state index in [1.165, 1.54) is 0 Å². The average Bonchev–Trinajstić information content (AvgIpc) is 2.67. The molecule has 0 saturated carbocycles. The molecule has 0 aliphatic heterocycles. The van der Waals surface area contributed by atoms with Crippen LogP contribution in [-0.4, -0.2) is 30.8 Å².